The van der Waals surface area contributed by atoms with Gasteiger partial charge in [0.15, 0.2) is 0 Å². The van der Waals surface area contributed by atoms with E-state index in [-0.39, 0.29) is 5.92 Å². The van der Waals surface area contributed by atoms with Crippen molar-refractivity contribution in [1.82, 2.24) is 9.97 Å². The number of nitrogen functional groups attached to an aromatic ring is 1. The van der Waals surface area contributed by atoms with Crippen LogP contribution >= 0.6 is 0 Å². The molecule has 2 rings (SSSR count). The van der Waals surface area contributed by atoms with E-state index in [2.05, 4.69) is 9.97 Å². The van der Waals surface area contributed by atoms with Crippen molar-refractivity contribution >= 4 is 5.82 Å². The van der Waals surface area contributed by atoms with Crippen LogP contribution in [0, 0.1) is 0 Å². The quantitative estimate of drug-likeness (QED) is 0.727. The smallest absolute Gasteiger partial charge is 0.141 e. The molecule has 0 saturated heterocycles. The maximum Gasteiger partial charge on any atom is 0.141 e. The number of aliphatic hydroxyl groups excluding tert-OH is 1. The molecule has 1 aliphatic carbocycles. The second kappa shape index (κ2) is 4.10. The highest BCUT2D eigenvalue weighted by Gasteiger charge is 2.30. The second-order valence-corrected chi connectivity index (χ2v) is 3.96. The lowest BCUT2D eigenvalue weighted by Gasteiger charge is -2.27. The van der Waals surface area contributed by atoms with Gasteiger partial charge >= 0.3 is 0 Å². The predicted octanol–water partition coefficient (Wildman–Crippen LogP) is 1.03. The molecule has 0 aromatic carbocycles. The summed E-state index contributed by atoms with van der Waals surface area (Å²) in [5.74, 6) is 0.419. The van der Waals surface area contributed by atoms with Gasteiger partial charge < -0.3 is 10.8 Å². The fraction of sp³-hybridized carbons (Fsp3) is 0.600. The Kier molecular flexibility index (Phi) is 2.81. The first-order chi connectivity index (χ1) is 7.16. The molecular weight excluding hydrogens is 197 g/mol. The summed E-state index contributed by atoms with van der Waals surface area (Å²) in [6.07, 6.45) is 2.65. The van der Waals surface area contributed by atoms with Gasteiger partial charge in [0.2, 0.25) is 0 Å². The third-order valence-electron chi connectivity index (χ3n) is 2.85. The fourth-order valence-electron chi connectivity index (χ4n) is 1.93. The first-order valence-corrected chi connectivity index (χ1v) is 5.06. The van der Waals surface area contributed by atoms with Gasteiger partial charge in [-0.2, -0.15) is 0 Å². The predicted molar refractivity (Wildman–Crippen MR) is 53.9 cm³/mol. The Morgan fingerprint density at radius 1 is 1.33 bits per heavy atom. The number of alkyl halides is 1. The molecule has 0 bridgehead atoms. The highest BCUT2D eigenvalue weighted by Crippen LogP contribution is 2.33. The van der Waals surface area contributed by atoms with Crippen LogP contribution in [0.5, 0.6) is 0 Å². The molecule has 5 heteroatoms. The maximum atomic E-state index is 13.3. The molecule has 0 aliphatic heterocycles. The van der Waals surface area contributed by atoms with Crippen molar-refractivity contribution in [3.63, 3.8) is 0 Å². The van der Waals surface area contributed by atoms with Crippen molar-refractivity contribution < 1.29 is 9.50 Å². The van der Waals surface area contributed by atoms with Crippen molar-refractivity contribution in [1.29, 1.82) is 0 Å². The van der Waals surface area contributed by atoms with Gasteiger partial charge in [-0.15, -0.1) is 0 Å². The number of halogens is 1. The van der Waals surface area contributed by atoms with Crippen LogP contribution in [-0.4, -0.2) is 27.4 Å². The number of nitrogens with zero attached hydrogens (tertiary/aromatic N) is 2. The monoisotopic (exact) mass is 211 g/mol. The molecule has 1 aliphatic rings. The van der Waals surface area contributed by atoms with Gasteiger partial charge in [0.25, 0.3) is 0 Å². The lowest BCUT2D eigenvalue weighted by molar-refractivity contribution is 0.0363. The summed E-state index contributed by atoms with van der Waals surface area (Å²) in [6.45, 7) is 0. The minimum Gasteiger partial charge on any atom is -0.390 e. The van der Waals surface area contributed by atoms with Crippen LogP contribution in [0.1, 0.15) is 30.9 Å². The van der Waals surface area contributed by atoms with Crippen LogP contribution in [-0.2, 0) is 0 Å². The average molecular weight is 211 g/mol. The molecule has 15 heavy (non-hydrogen) atoms. The van der Waals surface area contributed by atoms with Gasteiger partial charge in [-0.1, -0.05) is 0 Å². The minimum atomic E-state index is -1.15. The minimum absolute atomic E-state index is 0.0523. The third-order valence-corrected chi connectivity index (χ3v) is 2.85. The van der Waals surface area contributed by atoms with E-state index in [9.17, 15) is 9.50 Å². The van der Waals surface area contributed by atoms with E-state index in [1.165, 1.54) is 6.20 Å². The van der Waals surface area contributed by atoms with Crippen LogP contribution in [0.15, 0.2) is 12.4 Å². The van der Waals surface area contributed by atoms with Gasteiger partial charge in [-0.05, 0) is 19.3 Å². The SMILES string of the molecule is Nc1cnc([C@H]2CC[C@H](O)[C@H](F)C2)cn1. The molecule has 1 heterocycles. The van der Waals surface area contributed by atoms with Gasteiger partial charge in [0, 0.05) is 5.92 Å². The highest BCUT2D eigenvalue weighted by atomic mass is 19.1. The summed E-state index contributed by atoms with van der Waals surface area (Å²) >= 11 is 0. The first-order valence-electron chi connectivity index (χ1n) is 5.06. The number of aliphatic hydroxyl groups is 1. The normalized spacial score (nSPS) is 31.5. The van der Waals surface area contributed by atoms with E-state index in [4.69, 9.17) is 5.73 Å². The van der Waals surface area contributed by atoms with Gasteiger partial charge in [0.05, 0.1) is 24.2 Å². The Bertz CT molecular complexity index is 330. The standard InChI is InChI=1S/C10H14FN3O/c11-7-3-6(1-2-9(7)15)8-4-14-10(12)5-13-8/h4-7,9,15H,1-3H2,(H2,12,14)/t6-,7+,9-/m0/s1. The summed E-state index contributed by atoms with van der Waals surface area (Å²) in [5.41, 5.74) is 6.18. The summed E-state index contributed by atoms with van der Waals surface area (Å²) in [7, 11) is 0. The molecule has 1 aromatic rings. The number of hydrogen-bond acceptors (Lipinski definition) is 4. The molecule has 82 valence electrons. The van der Waals surface area contributed by atoms with Crippen LogP contribution in [0.3, 0.4) is 0 Å². The number of aromatic nitrogens is 2. The van der Waals surface area contributed by atoms with Crippen LogP contribution in [0.2, 0.25) is 0 Å². The van der Waals surface area contributed by atoms with Crippen molar-refractivity contribution in [3.8, 4) is 0 Å². The van der Waals surface area contributed by atoms with Gasteiger partial charge in [-0.3, -0.25) is 4.98 Å². The molecule has 3 N–H and O–H groups in total. The van der Waals surface area contributed by atoms with Gasteiger partial charge in [0.1, 0.15) is 12.0 Å². The van der Waals surface area contributed by atoms with Gasteiger partial charge in [-0.25, -0.2) is 9.37 Å². The average Bonchev–Trinajstić information content (AvgIpc) is 2.23. The topological polar surface area (TPSA) is 72.0 Å². The Morgan fingerprint density at radius 2 is 2.13 bits per heavy atom. The zero-order chi connectivity index (χ0) is 10.8. The number of rotatable bonds is 1. The molecule has 0 spiro atoms. The van der Waals surface area contributed by atoms with E-state index < -0.39 is 12.3 Å². The zero-order valence-electron chi connectivity index (χ0n) is 8.31. The number of anilines is 1. The first kappa shape index (κ1) is 10.3. The van der Waals surface area contributed by atoms with E-state index in [1.54, 1.807) is 6.20 Å². The molecule has 0 radical (unpaired) electrons. The fourth-order valence-corrected chi connectivity index (χ4v) is 1.93. The van der Waals surface area contributed by atoms with Crippen molar-refractivity contribution in [3.05, 3.63) is 18.1 Å². The Labute approximate surface area is 87.4 Å². The molecule has 1 aromatic heterocycles. The molecule has 4 nitrogen and oxygen atoms in total. The molecule has 0 unspecified atom stereocenters. The summed E-state index contributed by atoms with van der Waals surface area (Å²) in [5, 5.41) is 9.26. The van der Waals surface area contributed by atoms with Crippen LogP contribution in [0.4, 0.5) is 10.2 Å². The molecule has 1 fully saturated rings. The lowest BCUT2D eigenvalue weighted by Crippen LogP contribution is -2.29. The lowest BCUT2D eigenvalue weighted by atomic mass is 9.84. The molecule has 0 amide bonds. The molecular formula is C10H14FN3O. The van der Waals surface area contributed by atoms with E-state index >= 15 is 0 Å². The third kappa shape index (κ3) is 2.23. The van der Waals surface area contributed by atoms with E-state index in [0.29, 0.717) is 18.7 Å². The number of nitrogens with two attached hydrogens (primary N) is 1. The number of hydrogen-bond donors (Lipinski definition) is 2. The van der Waals surface area contributed by atoms with Crippen molar-refractivity contribution in [2.45, 2.75) is 37.5 Å². The van der Waals surface area contributed by atoms with E-state index in [1.807, 2.05) is 0 Å². The largest absolute Gasteiger partial charge is 0.390 e. The summed E-state index contributed by atoms with van der Waals surface area (Å²) in [6, 6.07) is 0. The maximum absolute atomic E-state index is 13.3. The Balaban J connectivity index is 2.08. The molecule has 3 atom stereocenters. The van der Waals surface area contributed by atoms with Crippen molar-refractivity contribution in [2.75, 3.05) is 5.73 Å². The molecule has 1 saturated carbocycles. The second-order valence-electron chi connectivity index (χ2n) is 3.96. The van der Waals surface area contributed by atoms with Crippen LogP contribution < -0.4 is 5.73 Å². The van der Waals surface area contributed by atoms with Crippen LogP contribution in [0.25, 0.3) is 0 Å². The highest BCUT2D eigenvalue weighted by molar-refractivity contribution is 5.24. The Hall–Kier alpha value is -1.23. The summed E-state index contributed by atoms with van der Waals surface area (Å²) < 4.78 is 13.3. The summed E-state index contributed by atoms with van der Waals surface area (Å²) in [4.78, 5) is 8.05. The van der Waals surface area contributed by atoms with Crippen molar-refractivity contribution in [2.24, 2.45) is 0 Å². The van der Waals surface area contributed by atoms with E-state index in [0.717, 1.165) is 12.1 Å². The zero-order valence-corrected chi connectivity index (χ0v) is 8.31. The Morgan fingerprint density at radius 3 is 2.73 bits per heavy atom.